The molecular formula is C14H17F3N2O2. The van der Waals surface area contributed by atoms with E-state index < -0.39 is 40.4 Å². The molecule has 1 rings (SSSR count). The molecule has 0 saturated heterocycles. The number of hydrogen-bond acceptors (Lipinski definition) is 2. The van der Waals surface area contributed by atoms with Crippen molar-refractivity contribution in [3.8, 4) is 0 Å². The fourth-order valence-electron chi connectivity index (χ4n) is 1.46. The maximum atomic E-state index is 13.5. The first-order valence-electron chi connectivity index (χ1n) is 6.45. The molecule has 0 radical (unpaired) electrons. The maximum absolute atomic E-state index is 13.5. The molecule has 0 unspecified atom stereocenters. The highest BCUT2D eigenvalue weighted by atomic mass is 19.2. The van der Waals surface area contributed by atoms with E-state index in [0.717, 1.165) is 6.07 Å². The number of rotatable bonds is 5. The second-order valence-corrected chi connectivity index (χ2v) is 5.06. The quantitative estimate of drug-likeness (QED) is 0.649. The van der Waals surface area contributed by atoms with Crippen LogP contribution in [-0.2, 0) is 9.59 Å². The van der Waals surface area contributed by atoms with Gasteiger partial charge in [0.25, 0.3) is 0 Å². The Kier molecular flexibility index (Phi) is 5.34. The van der Waals surface area contributed by atoms with E-state index in [9.17, 15) is 22.8 Å². The van der Waals surface area contributed by atoms with Crippen LogP contribution in [0.3, 0.4) is 0 Å². The Morgan fingerprint density at radius 2 is 1.71 bits per heavy atom. The van der Waals surface area contributed by atoms with E-state index in [1.807, 2.05) is 6.92 Å². The van der Waals surface area contributed by atoms with Gasteiger partial charge in [0.15, 0.2) is 17.5 Å². The zero-order chi connectivity index (χ0) is 16.2. The second-order valence-electron chi connectivity index (χ2n) is 5.06. The van der Waals surface area contributed by atoms with Crippen LogP contribution in [0, 0.1) is 22.9 Å². The Bertz CT molecular complexity index is 559. The zero-order valence-electron chi connectivity index (χ0n) is 12.0. The van der Waals surface area contributed by atoms with Gasteiger partial charge in [0.2, 0.25) is 11.8 Å². The predicted molar refractivity (Wildman–Crippen MR) is 72.0 cm³/mol. The molecule has 0 atom stereocenters. The molecule has 0 aliphatic carbocycles. The Morgan fingerprint density at radius 3 is 2.29 bits per heavy atom. The van der Waals surface area contributed by atoms with E-state index in [4.69, 9.17) is 0 Å². The van der Waals surface area contributed by atoms with Gasteiger partial charge in [-0.2, -0.15) is 0 Å². The van der Waals surface area contributed by atoms with Crippen molar-refractivity contribution >= 4 is 17.5 Å². The Morgan fingerprint density at radius 1 is 1.10 bits per heavy atom. The molecular weight excluding hydrogens is 285 g/mol. The number of halogens is 3. The summed E-state index contributed by atoms with van der Waals surface area (Å²) in [5, 5.41) is 4.64. The normalized spacial score (nSPS) is 11.1. The average molecular weight is 302 g/mol. The predicted octanol–water partition coefficient (Wildman–Crippen LogP) is 2.59. The molecule has 0 spiro atoms. The van der Waals surface area contributed by atoms with Gasteiger partial charge in [0, 0.05) is 6.54 Å². The van der Waals surface area contributed by atoms with E-state index in [0.29, 0.717) is 19.0 Å². The Hall–Kier alpha value is -2.05. The van der Waals surface area contributed by atoms with Crippen molar-refractivity contribution in [1.29, 1.82) is 0 Å². The van der Waals surface area contributed by atoms with Crippen molar-refractivity contribution in [2.24, 2.45) is 5.41 Å². The lowest BCUT2D eigenvalue weighted by Gasteiger charge is -2.22. The minimum atomic E-state index is -1.68. The van der Waals surface area contributed by atoms with E-state index in [2.05, 4.69) is 10.6 Å². The second kappa shape index (κ2) is 6.60. The summed E-state index contributed by atoms with van der Waals surface area (Å²) in [5.74, 6) is -5.90. The van der Waals surface area contributed by atoms with E-state index in [-0.39, 0.29) is 0 Å². The monoisotopic (exact) mass is 302 g/mol. The molecule has 0 heterocycles. The first-order valence-corrected chi connectivity index (χ1v) is 6.45. The lowest BCUT2D eigenvalue weighted by Crippen LogP contribution is -2.45. The number of carbonyl (C=O) groups excluding carboxylic acids is 2. The van der Waals surface area contributed by atoms with Crippen molar-refractivity contribution in [2.45, 2.75) is 27.2 Å². The third-order valence-electron chi connectivity index (χ3n) is 2.95. The third-order valence-corrected chi connectivity index (χ3v) is 2.95. The van der Waals surface area contributed by atoms with Crippen LogP contribution in [-0.4, -0.2) is 18.4 Å². The zero-order valence-corrected chi connectivity index (χ0v) is 12.0. The van der Waals surface area contributed by atoms with Gasteiger partial charge in [-0.1, -0.05) is 6.92 Å². The summed E-state index contributed by atoms with van der Waals surface area (Å²) in [6.07, 6.45) is 0.696. The van der Waals surface area contributed by atoms with Gasteiger partial charge in [-0.25, -0.2) is 13.2 Å². The molecule has 21 heavy (non-hydrogen) atoms. The lowest BCUT2D eigenvalue weighted by molar-refractivity contribution is -0.138. The summed E-state index contributed by atoms with van der Waals surface area (Å²) in [4.78, 5) is 23.9. The summed E-state index contributed by atoms with van der Waals surface area (Å²) < 4.78 is 39.4. The molecule has 4 nitrogen and oxygen atoms in total. The Labute approximate surface area is 120 Å². The van der Waals surface area contributed by atoms with Gasteiger partial charge >= 0.3 is 0 Å². The number of nitrogens with one attached hydrogen (secondary N) is 2. The van der Waals surface area contributed by atoms with Crippen LogP contribution in [0.5, 0.6) is 0 Å². The maximum Gasteiger partial charge on any atom is 0.239 e. The summed E-state index contributed by atoms with van der Waals surface area (Å²) in [5.41, 5.74) is -2.00. The van der Waals surface area contributed by atoms with Gasteiger partial charge in [-0.3, -0.25) is 9.59 Å². The molecule has 7 heteroatoms. The molecule has 116 valence electrons. The molecule has 2 amide bonds. The molecule has 0 fully saturated rings. The van der Waals surface area contributed by atoms with E-state index in [1.54, 1.807) is 0 Å². The number of carbonyl (C=O) groups is 2. The van der Waals surface area contributed by atoms with Crippen molar-refractivity contribution in [2.75, 3.05) is 11.9 Å². The number of benzene rings is 1. The molecule has 2 N–H and O–H groups in total. The molecule has 0 aliphatic heterocycles. The minimum absolute atomic E-state index is 0.398. The van der Waals surface area contributed by atoms with Gasteiger partial charge in [-0.15, -0.1) is 0 Å². The highest BCUT2D eigenvalue weighted by Gasteiger charge is 2.36. The fourth-order valence-corrected chi connectivity index (χ4v) is 1.46. The van der Waals surface area contributed by atoms with E-state index in [1.165, 1.54) is 13.8 Å². The third kappa shape index (κ3) is 3.74. The topological polar surface area (TPSA) is 58.2 Å². The van der Waals surface area contributed by atoms with Crippen LogP contribution in [0.4, 0.5) is 18.9 Å². The van der Waals surface area contributed by atoms with Crippen molar-refractivity contribution < 1.29 is 22.8 Å². The molecule has 0 saturated carbocycles. The minimum Gasteiger partial charge on any atom is -0.355 e. The van der Waals surface area contributed by atoms with Crippen LogP contribution in [0.25, 0.3) is 0 Å². The van der Waals surface area contributed by atoms with Crippen molar-refractivity contribution in [3.63, 3.8) is 0 Å². The Balaban J connectivity index is 2.90. The fraction of sp³-hybridized carbons (Fsp3) is 0.429. The molecule has 0 bridgehead atoms. The number of anilines is 1. The first-order chi connectivity index (χ1) is 9.71. The summed E-state index contributed by atoms with van der Waals surface area (Å²) in [7, 11) is 0. The van der Waals surface area contributed by atoms with E-state index >= 15 is 0 Å². The number of hydrogen-bond donors (Lipinski definition) is 2. The van der Waals surface area contributed by atoms with Crippen LogP contribution in [0.2, 0.25) is 0 Å². The van der Waals surface area contributed by atoms with Crippen molar-refractivity contribution in [3.05, 3.63) is 29.6 Å². The van der Waals surface area contributed by atoms with Crippen LogP contribution in [0.15, 0.2) is 12.1 Å². The number of amides is 2. The van der Waals surface area contributed by atoms with Crippen LogP contribution in [0.1, 0.15) is 27.2 Å². The van der Waals surface area contributed by atoms with Crippen LogP contribution < -0.4 is 10.6 Å². The summed E-state index contributed by atoms with van der Waals surface area (Å²) >= 11 is 0. The highest BCUT2D eigenvalue weighted by molar-refractivity contribution is 6.09. The standard InChI is InChI=1S/C14H17F3N2O2/c1-4-7-18-12(20)14(2,3)13(21)19-9-6-5-8(15)10(16)11(9)17/h5-6H,4,7H2,1-3H3,(H,18,20)(H,19,21). The molecule has 0 aromatic heterocycles. The molecule has 1 aromatic rings. The smallest absolute Gasteiger partial charge is 0.239 e. The van der Waals surface area contributed by atoms with Crippen molar-refractivity contribution in [1.82, 2.24) is 5.32 Å². The average Bonchev–Trinajstić information content (AvgIpc) is 2.44. The summed E-state index contributed by atoms with van der Waals surface area (Å²) in [6.45, 7) is 4.95. The molecule has 0 aliphatic rings. The van der Waals surface area contributed by atoms with Gasteiger partial charge in [0.05, 0.1) is 5.69 Å². The largest absolute Gasteiger partial charge is 0.355 e. The van der Waals surface area contributed by atoms with Gasteiger partial charge < -0.3 is 10.6 Å². The first kappa shape index (κ1) is 17.0. The van der Waals surface area contributed by atoms with Gasteiger partial charge in [-0.05, 0) is 32.4 Å². The molecule has 1 aromatic carbocycles. The van der Waals surface area contributed by atoms with Gasteiger partial charge in [0.1, 0.15) is 5.41 Å². The van der Waals surface area contributed by atoms with Crippen LogP contribution >= 0.6 is 0 Å². The summed E-state index contributed by atoms with van der Waals surface area (Å²) in [6, 6.07) is 1.59. The SMILES string of the molecule is CCCNC(=O)C(C)(C)C(=O)Nc1ccc(F)c(F)c1F. The lowest BCUT2D eigenvalue weighted by atomic mass is 9.91. The highest BCUT2D eigenvalue weighted by Crippen LogP contribution is 2.23.